The van der Waals surface area contributed by atoms with Crippen molar-refractivity contribution in [2.75, 3.05) is 13.6 Å². The summed E-state index contributed by atoms with van der Waals surface area (Å²) < 4.78 is 22.9. The number of sulfonamides is 1. The van der Waals surface area contributed by atoms with Crippen molar-refractivity contribution in [2.45, 2.75) is 37.5 Å². The zero-order valence-corrected chi connectivity index (χ0v) is 13.3. The van der Waals surface area contributed by atoms with E-state index in [1.165, 1.54) is 18.6 Å². The maximum absolute atomic E-state index is 12.6. The molecule has 21 heavy (non-hydrogen) atoms. The molecule has 6 heteroatoms. The molecule has 0 radical (unpaired) electrons. The molecule has 0 aromatic heterocycles. The van der Waals surface area contributed by atoms with Gasteiger partial charge in [0.2, 0.25) is 10.0 Å². The minimum atomic E-state index is -3.80. The summed E-state index contributed by atoms with van der Waals surface area (Å²) in [5, 5.41) is 5.15. The SMILES string of the molecule is CCc1ccc(S(N)(=O)=O)cc1C(=O)N(C)CC1CCC1. The molecule has 5 nitrogen and oxygen atoms in total. The minimum Gasteiger partial charge on any atom is -0.341 e. The van der Waals surface area contributed by atoms with E-state index < -0.39 is 10.0 Å². The summed E-state index contributed by atoms with van der Waals surface area (Å²) in [6, 6.07) is 4.52. The molecule has 0 heterocycles. The summed E-state index contributed by atoms with van der Waals surface area (Å²) in [6.45, 7) is 2.66. The monoisotopic (exact) mass is 310 g/mol. The van der Waals surface area contributed by atoms with E-state index in [9.17, 15) is 13.2 Å². The molecule has 0 bridgehead atoms. The van der Waals surface area contributed by atoms with Gasteiger partial charge in [-0.3, -0.25) is 4.79 Å². The van der Waals surface area contributed by atoms with Gasteiger partial charge in [0.25, 0.3) is 5.91 Å². The van der Waals surface area contributed by atoms with Gasteiger partial charge in [-0.25, -0.2) is 13.6 Å². The van der Waals surface area contributed by atoms with Gasteiger partial charge >= 0.3 is 0 Å². The van der Waals surface area contributed by atoms with Gasteiger partial charge in [0.1, 0.15) is 0 Å². The highest BCUT2D eigenvalue weighted by Crippen LogP contribution is 2.27. The van der Waals surface area contributed by atoms with Crippen molar-refractivity contribution in [3.8, 4) is 0 Å². The number of hydrogen-bond acceptors (Lipinski definition) is 3. The topological polar surface area (TPSA) is 80.5 Å². The lowest BCUT2D eigenvalue weighted by molar-refractivity contribution is 0.0744. The third-order valence-corrected chi connectivity index (χ3v) is 5.04. The van der Waals surface area contributed by atoms with Crippen molar-refractivity contribution in [1.29, 1.82) is 0 Å². The zero-order chi connectivity index (χ0) is 15.6. The Morgan fingerprint density at radius 1 is 1.38 bits per heavy atom. The second kappa shape index (κ2) is 6.15. The first-order valence-electron chi connectivity index (χ1n) is 7.24. The zero-order valence-electron chi connectivity index (χ0n) is 12.5. The number of carbonyl (C=O) groups is 1. The second-order valence-electron chi connectivity index (χ2n) is 5.70. The summed E-state index contributed by atoms with van der Waals surface area (Å²) in [7, 11) is -2.03. The van der Waals surface area contributed by atoms with Gasteiger partial charge in [-0.15, -0.1) is 0 Å². The summed E-state index contributed by atoms with van der Waals surface area (Å²) in [4.78, 5) is 14.2. The van der Waals surface area contributed by atoms with Crippen LogP contribution >= 0.6 is 0 Å². The maximum Gasteiger partial charge on any atom is 0.253 e. The molecule has 1 aromatic carbocycles. The lowest BCUT2D eigenvalue weighted by Crippen LogP contribution is -2.34. The molecular weight excluding hydrogens is 288 g/mol. The fourth-order valence-electron chi connectivity index (χ4n) is 2.59. The third-order valence-electron chi connectivity index (χ3n) is 4.12. The lowest BCUT2D eigenvalue weighted by Gasteiger charge is -2.30. The van der Waals surface area contributed by atoms with E-state index in [0.717, 1.165) is 24.9 Å². The smallest absolute Gasteiger partial charge is 0.253 e. The van der Waals surface area contributed by atoms with Crippen LogP contribution in [-0.2, 0) is 16.4 Å². The molecule has 1 amide bonds. The van der Waals surface area contributed by atoms with Gasteiger partial charge in [-0.2, -0.15) is 0 Å². The maximum atomic E-state index is 12.6. The molecule has 0 spiro atoms. The number of aryl methyl sites for hydroxylation is 1. The Kier molecular flexibility index (Phi) is 4.68. The number of hydrogen-bond donors (Lipinski definition) is 1. The minimum absolute atomic E-state index is 0.0138. The summed E-state index contributed by atoms with van der Waals surface area (Å²) in [6.07, 6.45) is 4.22. The van der Waals surface area contributed by atoms with E-state index in [-0.39, 0.29) is 10.8 Å². The van der Waals surface area contributed by atoms with Crippen LogP contribution in [0.25, 0.3) is 0 Å². The average Bonchev–Trinajstić information content (AvgIpc) is 2.40. The fourth-order valence-corrected chi connectivity index (χ4v) is 3.13. The van der Waals surface area contributed by atoms with Crippen molar-refractivity contribution in [1.82, 2.24) is 4.90 Å². The van der Waals surface area contributed by atoms with Crippen LogP contribution in [0, 0.1) is 5.92 Å². The molecule has 0 atom stereocenters. The number of primary sulfonamides is 1. The van der Waals surface area contributed by atoms with E-state index in [4.69, 9.17) is 5.14 Å². The predicted molar refractivity (Wildman–Crippen MR) is 81.5 cm³/mol. The first-order valence-corrected chi connectivity index (χ1v) is 8.78. The Morgan fingerprint density at radius 3 is 2.52 bits per heavy atom. The number of benzene rings is 1. The van der Waals surface area contributed by atoms with Crippen molar-refractivity contribution >= 4 is 15.9 Å². The summed E-state index contributed by atoms with van der Waals surface area (Å²) in [5.41, 5.74) is 1.28. The normalized spacial score (nSPS) is 15.6. The van der Waals surface area contributed by atoms with E-state index in [2.05, 4.69) is 0 Å². The Balaban J connectivity index is 2.28. The van der Waals surface area contributed by atoms with Crippen molar-refractivity contribution < 1.29 is 13.2 Å². The van der Waals surface area contributed by atoms with Crippen molar-refractivity contribution in [3.63, 3.8) is 0 Å². The van der Waals surface area contributed by atoms with E-state index in [0.29, 0.717) is 17.9 Å². The van der Waals surface area contributed by atoms with Crippen molar-refractivity contribution in [2.24, 2.45) is 11.1 Å². The van der Waals surface area contributed by atoms with E-state index in [1.807, 2.05) is 6.92 Å². The molecule has 2 rings (SSSR count). The third kappa shape index (κ3) is 3.63. The molecule has 1 fully saturated rings. The van der Waals surface area contributed by atoms with Crippen LogP contribution in [0.4, 0.5) is 0 Å². The number of rotatable bonds is 5. The fraction of sp³-hybridized carbons (Fsp3) is 0.533. The van der Waals surface area contributed by atoms with Gasteiger partial charge in [-0.1, -0.05) is 19.4 Å². The van der Waals surface area contributed by atoms with E-state index >= 15 is 0 Å². The molecule has 1 aromatic rings. The van der Waals surface area contributed by atoms with E-state index in [1.54, 1.807) is 18.0 Å². The van der Waals surface area contributed by atoms with Gasteiger partial charge in [0.05, 0.1) is 4.90 Å². The highest BCUT2D eigenvalue weighted by Gasteiger charge is 2.24. The van der Waals surface area contributed by atoms with Crippen LogP contribution in [0.1, 0.15) is 42.1 Å². The first kappa shape index (κ1) is 16.0. The molecule has 2 N–H and O–H groups in total. The first-order chi connectivity index (χ1) is 9.82. The van der Waals surface area contributed by atoms with Crippen LogP contribution in [0.3, 0.4) is 0 Å². The molecular formula is C15H22N2O3S. The van der Waals surface area contributed by atoms with Gasteiger partial charge in [0.15, 0.2) is 0 Å². The van der Waals surface area contributed by atoms with Gasteiger partial charge in [-0.05, 0) is 42.9 Å². The number of carbonyl (C=O) groups excluding carboxylic acids is 1. The Bertz CT molecular complexity index is 636. The quantitative estimate of drug-likeness (QED) is 0.900. The molecule has 0 saturated heterocycles. The molecule has 116 valence electrons. The number of nitrogens with zero attached hydrogens (tertiary/aromatic N) is 1. The Labute approximate surface area is 126 Å². The Hall–Kier alpha value is -1.40. The average molecular weight is 310 g/mol. The standard InChI is InChI=1S/C15H22N2O3S/c1-3-12-7-8-13(21(16,19)20)9-14(12)15(18)17(2)10-11-5-4-6-11/h7-9,11H,3-6,10H2,1-2H3,(H2,16,19,20). The molecule has 0 aliphatic heterocycles. The second-order valence-corrected chi connectivity index (χ2v) is 7.26. The highest BCUT2D eigenvalue weighted by atomic mass is 32.2. The van der Waals surface area contributed by atoms with Crippen LogP contribution in [-0.4, -0.2) is 32.8 Å². The van der Waals surface area contributed by atoms with Crippen LogP contribution < -0.4 is 5.14 Å². The van der Waals surface area contributed by atoms with Gasteiger partial charge in [0, 0.05) is 19.2 Å². The molecule has 1 saturated carbocycles. The number of nitrogens with two attached hydrogens (primary N) is 1. The van der Waals surface area contributed by atoms with Gasteiger partial charge < -0.3 is 4.90 Å². The largest absolute Gasteiger partial charge is 0.341 e. The molecule has 0 unspecified atom stereocenters. The summed E-state index contributed by atoms with van der Waals surface area (Å²) in [5.74, 6) is 0.440. The lowest BCUT2D eigenvalue weighted by atomic mass is 9.85. The van der Waals surface area contributed by atoms with Crippen LogP contribution in [0.5, 0.6) is 0 Å². The van der Waals surface area contributed by atoms with Crippen LogP contribution in [0.15, 0.2) is 23.1 Å². The molecule has 1 aliphatic carbocycles. The highest BCUT2D eigenvalue weighted by molar-refractivity contribution is 7.89. The molecule has 1 aliphatic rings. The Morgan fingerprint density at radius 2 is 2.05 bits per heavy atom. The predicted octanol–water partition coefficient (Wildman–Crippen LogP) is 1.77. The summed E-state index contributed by atoms with van der Waals surface area (Å²) >= 11 is 0. The van der Waals surface area contributed by atoms with Crippen molar-refractivity contribution in [3.05, 3.63) is 29.3 Å². The van der Waals surface area contributed by atoms with Crippen LogP contribution in [0.2, 0.25) is 0 Å². The number of amides is 1.